The van der Waals surface area contributed by atoms with Crippen LogP contribution in [0, 0.1) is 5.41 Å². The number of hydrogen-bond acceptors (Lipinski definition) is 4. The van der Waals surface area contributed by atoms with Gasteiger partial charge in [0.2, 0.25) is 11.9 Å². The number of rotatable bonds is 1. The SMILES string of the molecule is O=C1NCCCCC12CCN(c1ncc(Br)cn1)C2. The van der Waals surface area contributed by atoms with Gasteiger partial charge in [0, 0.05) is 32.0 Å². The van der Waals surface area contributed by atoms with E-state index in [-0.39, 0.29) is 11.3 Å². The number of nitrogens with one attached hydrogen (secondary N) is 1. The van der Waals surface area contributed by atoms with Crippen molar-refractivity contribution in [2.75, 3.05) is 24.5 Å². The van der Waals surface area contributed by atoms with Crippen molar-refractivity contribution in [1.29, 1.82) is 0 Å². The summed E-state index contributed by atoms with van der Waals surface area (Å²) in [7, 11) is 0. The Balaban J connectivity index is 1.78. The topological polar surface area (TPSA) is 58.1 Å². The number of aromatic nitrogens is 2. The highest BCUT2D eigenvalue weighted by Gasteiger charge is 2.45. The van der Waals surface area contributed by atoms with Crippen LogP contribution in [0.4, 0.5) is 5.95 Å². The second-order valence-corrected chi connectivity index (χ2v) is 6.28. The van der Waals surface area contributed by atoms with Gasteiger partial charge >= 0.3 is 0 Å². The normalized spacial score (nSPS) is 27.4. The van der Waals surface area contributed by atoms with Crippen molar-refractivity contribution < 1.29 is 4.79 Å². The smallest absolute Gasteiger partial charge is 0.228 e. The van der Waals surface area contributed by atoms with Gasteiger partial charge in [-0.15, -0.1) is 0 Å². The van der Waals surface area contributed by atoms with E-state index in [9.17, 15) is 4.79 Å². The first kappa shape index (κ1) is 12.8. The van der Waals surface area contributed by atoms with Crippen LogP contribution in [-0.4, -0.2) is 35.5 Å². The van der Waals surface area contributed by atoms with Crippen LogP contribution < -0.4 is 10.2 Å². The maximum Gasteiger partial charge on any atom is 0.228 e. The number of nitrogens with zero attached hydrogens (tertiary/aromatic N) is 3. The van der Waals surface area contributed by atoms with E-state index in [2.05, 4.69) is 36.1 Å². The fraction of sp³-hybridized carbons (Fsp3) is 0.615. The molecule has 6 heteroatoms. The van der Waals surface area contributed by atoms with E-state index in [4.69, 9.17) is 0 Å². The number of carbonyl (C=O) groups is 1. The molecule has 0 aromatic carbocycles. The minimum Gasteiger partial charge on any atom is -0.356 e. The summed E-state index contributed by atoms with van der Waals surface area (Å²) < 4.78 is 0.873. The molecule has 19 heavy (non-hydrogen) atoms. The molecule has 1 unspecified atom stereocenters. The molecule has 3 heterocycles. The average Bonchev–Trinajstić information content (AvgIpc) is 2.76. The first-order valence-electron chi connectivity index (χ1n) is 6.70. The summed E-state index contributed by atoms with van der Waals surface area (Å²) in [5.41, 5.74) is -0.229. The van der Waals surface area contributed by atoms with Crippen molar-refractivity contribution in [3.05, 3.63) is 16.9 Å². The largest absolute Gasteiger partial charge is 0.356 e. The Morgan fingerprint density at radius 3 is 2.84 bits per heavy atom. The molecule has 2 saturated heterocycles. The third kappa shape index (κ3) is 2.45. The zero-order chi connectivity index (χ0) is 13.3. The van der Waals surface area contributed by atoms with E-state index in [1.807, 2.05) is 0 Å². The average molecular weight is 325 g/mol. The molecule has 2 fully saturated rings. The summed E-state index contributed by atoms with van der Waals surface area (Å²) >= 11 is 3.34. The molecule has 1 aromatic heterocycles. The van der Waals surface area contributed by atoms with E-state index in [1.54, 1.807) is 12.4 Å². The minimum atomic E-state index is -0.229. The van der Waals surface area contributed by atoms with E-state index in [0.717, 1.165) is 55.7 Å². The van der Waals surface area contributed by atoms with E-state index in [0.29, 0.717) is 0 Å². The zero-order valence-corrected chi connectivity index (χ0v) is 12.3. The van der Waals surface area contributed by atoms with Gasteiger partial charge in [0.15, 0.2) is 0 Å². The Morgan fingerprint density at radius 1 is 1.26 bits per heavy atom. The summed E-state index contributed by atoms with van der Waals surface area (Å²) in [5.74, 6) is 0.932. The second-order valence-electron chi connectivity index (χ2n) is 5.37. The lowest BCUT2D eigenvalue weighted by Gasteiger charge is -2.25. The lowest BCUT2D eigenvalue weighted by molar-refractivity contribution is -0.129. The highest BCUT2D eigenvalue weighted by atomic mass is 79.9. The Kier molecular flexibility index (Phi) is 3.43. The van der Waals surface area contributed by atoms with Gasteiger partial charge in [-0.1, -0.05) is 6.42 Å². The number of carbonyl (C=O) groups excluding carboxylic acids is 1. The van der Waals surface area contributed by atoms with Crippen molar-refractivity contribution in [3.63, 3.8) is 0 Å². The van der Waals surface area contributed by atoms with Crippen molar-refractivity contribution in [3.8, 4) is 0 Å². The van der Waals surface area contributed by atoms with E-state index < -0.39 is 0 Å². The molecular formula is C13H17BrN4O. The monoisotopic (exact) mass is 324 g/mol. The van der Waals surface area contributed by atoms with Crippen LogP contribution in [0.15, 0.2) is 16.9 Å². The van der Waals surface area contributed by atoms with Crippen LogP contribution in [0.25, 0.3) is 0 Å². The third-order valence-corrected chi connectivity index (χ3v) is 4.50. The number of anilines is 1. The summed E-state index contributed by atoms with van der Waals surface area (Å²) in [6.07, 6.45) is 7.58. The molecule has 5 nitrogen and oxygen atoms in total. The molecule has 0 saturated carbocycles. The van der Waals surface area contributed by atoms with Gasteiger partial charge in [0.25, 0.3) is 0 Å². The minimum absolute atomic E-state index is 0.213. The van der Waals surface area contributed by atoms with Gasteiger partial charge in [-0.25, -0.2) is 9.97 Å². The van der Waals surface area contributed by atoms with Crippen molar-refractivity contribution in [2.45, 2.75) is 25.7 Å². The van der Waals surface area contributed by atoms with Crippen LogP contribution in [0.3, 0.4) is 0 Å². The molecule has 1 atom stereocenters. The van der Waals surface area contributed by atoms with Crippen LogP contribution in [0.1, 0.15) is 25.7 Å². The fourth-order valence-electron chi connectivity index (χ4n) is 2.99. The van der Waals surface area contributed by atoms with Crippen molar-refractivity contribution in [2.24, 2.45) is 5.41 Å². The van der Waals surface area contributed by atoms with Gasteiger partial charge in [0.05, 0.1) is 9.89 Å². The second kappa shape index (κ2) is 5.07. The van der Waals surface area contributed by atoms with Gasteiger partial charge < -0.3 is 10.2 Å². The van der Waals surface area contributed by atoms with Gasteiger partial charge in [-0.05, 0) is 35.2 Å². The first-order valence-corrected chi connectivity index (χ1v) is 7.50. The maximum atomic E-state index is 12.3. The van der Waals surface area contributed by atoms with E-state index in [1.165, 1.54) is 0 Å². The number of hydrogen-bond donors (Lipinski definition) is 1. The zero-order valence-electron chi connectivity index (χ0n) is 10.7. The van der Waals surface area contributed by atoms with Gasteiger partial charge in [0.1, 0.15) is 0 Å². The lowest BCUT2D eigenvalue weighted by Crippen LogP contribution is -2.41. The lowest BCUT2D eigenvalue weighted by atomic mass is 9.82. The predicted octanol–water partition coefficient (Wildman–Crippen LogP) is 1.74. The van der Waals surface area contributed by atoms with Crippen molar-refractivity contribution >= 4 is 27.8 Å². The summed E-state index contributed by atoms with van der Waals surface area (Å²) in [4.78, 5) is 23.1. The molecular weight excluding hydrogens is 308 g/mol. The van der Waals surface area contributed by atoms with Crippen LogP contribution in [0.2, 0.25) is 0 Å². The Bertz CT molecular complexity index is 478. The molecule has 1 amide bonds. The number of amides is 1. The maximum absolute atomic E-state index is 12.3. The molecule has 0 bridgehead atoms. The highest BCUT2D eigenvalue weighted by molar-refractivity contribution is 9.10. The standard InChI is InChI=1S/C13H17BrN4O/c14-10-7-16-12(17-8-10)18-6-4-13(9-18)3-1-2-5-15-11(13)19/h7-8H,1-6,9H2,(H,15,19). The summed E-state index contributed by atoms with van der Waals surface area (Å²) in [5, 5.41) is 3.04. The quantitative estimate of drug-likeness (QED) is 0.854. The Hall–Kier alpha value is -1.17. The van der Waals surface area contributed by atoms with E-state index >= 15 is 0 Å². The van der Waals surface area contributed by atoms with Gasteiger partial charge in [-0.3, -0.25) is 4.79 Å². The van der Waals surface area contributed by atoms with Crippen molar-refractivity contribution in [1.82, 2.24) is 15.3 Å². The molecule has 1 N–H and O–H groups in total. The molecule has 102 valence electrons. The Labute approximate surface area is 120 Å². The summed E-state index contributed by atoms with van der Waals surface area (Å²) in [6.45, 7) is 2.41. The van der Waals surface area contributed by atoms with Crippen LogP contribution in [-0.2, 0) is 4.79 Å². The fourth-order valence-corrected chi connectivity index (χ4v) is 3.20. The first-order chi connectivity index (χ1) is 9.20. The van der Waals surface area contributed by atoms with Crippen LogP contribution >= 0.6 is 15.9 Å². The Morgan fingerprint density at radius 2 is 2.05 bits per heavy atom. The molecule has 0 aliphatic carbocycles. The molecule has 2 aliphatic rings. The molecule has 1 spiro atoms. The number of halogens is 1. The van der Waals surface area contributed by atoms with Gasteiger partial charge in [-0.2, -0.15) is 0 Å². The molecule has 1 aromatic rings. The summed E-state index contributed by atoms with van der Waals surface area (Å²) in [6, 6.07) is 0. The highest BCUT2D eigenvalue weighted by Crippen LogP contribution is 2.38. The van der Waals surface area contributed by atoms with Crippen LogP contribution in [0.5, 0.6) is 0 Å². The molecule has 3 rings (SSSR count). The molecule has 2 aliphatic heterocycles. The molecule has 0 radical (unpaired) electrons. The third-order valence-electron chi connectivity index (χ3n) is 4.09. The predicted molar refractivity (Wildman–Crippen MR) is 75.9 cm³/mol.